The molecule has 2 unspecified atom stereocenters. The highest BCUT2D eigenvalue weighted by Crippen LogP contribution is 2.33. The molecule has 0 spiro atoms. The Bertz CT molecular complexity index is 488. The van der Waals surface area contributed by atoms with Gasteiger partial charge in [-0.25, -0.2) is 0 Å². The normalized spacial score (nSPS) is 27.2. The highest BCUT2D eigenvalue weighted by Gasteiger charge is 2.39. The third-order valence-corrected chi connectivity index (χ3v) is 5.51. The molecule has 0 bridgehead atoms. The van der Waals surface area contributed by atoms with E-state index >= 15 is 0 Å². The van der Waals surface area contributed by atoms with E-state index in [1.165, 1.54) is 24.2 Å². The van der Waals surface area contributed by atoms with Crippen molar-refractivity contribution in [2.45, 2.75) is 37.8 Å². The van der Waals surface area contributed by atoms with E-state index in [-0.39, 0.29) is 5.91 Å². The zero-order chi connectivity index (χ0) is 14.1. The average molecular weight is 294 g/mol. The number of likely N-dealkylation sites (N-methyl/N-ethyl adjacent to an activating group) is 1. The number of thiophene rings is 1. The monoisotopic (exact) mass is 294 g/mol. The van der Waals surface area contributed by atoms with E-state index in [1.54, 1.807) is 7.11 Å². The Kier molecular flexibility index (Phi) is 3.98. The van der Waals surface area contributed by atoms with Crippen molar-refractivity contribution in [3.63, 3.8) is 0 Å². The fourth-order valence-electron chi connectivity index (χ4n) is 3.61. The lowest BCUT2D eigenvalue weighted by Gasteiger charge is -2.33. The number of carbonyl (C=O) groups is 1. The van der Waals surface area contributed by atoms with Gasteiger partial charge in [0.1, 0.15) is 10.6 Å². The minimum atomic E-state index is 0.152. The van der Waals surface area contributed by atoms with Crippen LogP contribution in [0.4, 0.5) is 0 Å². The molecule has 5 heteroatoms. The Hall–Kier alpha value is -1.07. The first-order valence-corrected chi connectivity index (χ1v) is 8.23. The Balaban J connectivity index is 1.80. The number of hydrogen-bond acceptors (Lipinski definition) is 4. The third kappa shape index (κ3) is 2.33. The van der Waals surface area contributed by atoms with E-state index in [0.29, 0.717) is 17.8 Å². The van der Waals surface area contributed by atoms with Crippen LogP contribution in [-0.2, 0) is 0 Å². The summed E-state index contributed by atoms with van der Waals surface area (Å²) in [4.78, 5) is 18.1. The second-order valence-electron chi connectivity index (χ2n) is 5.72. The zero-order valence-electron chi connectivity index (χ0n) is 12.2. The highest BCUT2D eigenvalue weighted by atomic mass is 32.1. The zero-order valence-corrected chi connectivity index (χ0v) is 13.0. The van der Waals surface area contributed by atoms with Crippen molar-refractivity contribution in [1.29, 1.82) is 0 Å². The van der Waals surface area contributed by atoms with Crippen molar-refractivity contribution in [3.8, 4) is 5.75 Å². The summed E-state index contributed by atoms with van der Waals surface area (Å²) in [5.74, 6) is 0.866. The van der Waals surface area contributed by atoms with Gasteiger partial charge in [0.15, 0.2) is 0 Å². The highest BCUT2D eigenvalue weighted by molar-refractivity contribution is 7.12. The molecule has 110 valence electrons. The van der Waals surface area contributed by atoms with E-state index in [4.69, 9.17) is 4.74 Å². The fourth-order valence-corrected chi connectivity index (χ4v) is 4.42. The standard InChI is InChI=1S/C15H22N2O2S/c1-16-8-3-5-11(16)12-6-4-9-17(12)15(18)14-13(19-2)7-10-20-14/h7,10-12H,3-6,8-9H2,1-2H3. The molecule has 2 saturated heterocycles. The molecule has 2 atom stereocenters. The van der Waals surface area contributed by atoms with Gasteiger partial charge in [0.05, 0.1) is 7.11 Å². The van der Waals surface area contributed by atoms with Crippen LogP contribution in [0.3, 0.4) is 0 Å². The van der Waals surface area contributed by atoms with Crippen molar-refractivity contribution < 1.29 is 9.53 Å². The summed E-state index contributed by atoms with van der Waals surface area (Å²) in [6.07, 6.45) is 4.72. The van der Waals surface area contributed by atoms with Crippen LogP contribution >= 0.6 is 11.3 Å². The van der Waals surface area contributed by atoms with Crippen LogP contribution in [0.15, 0.2) is 11.4 Å². The number of methoxy groups -OCH3 is 1. The molecule has 0 saturated carbocycles. The number of nitrogens with zero attached hydrogens (tertiary/aromatic N) is 2. The lowest BCUT2D eigenvalue weighted by Crippen LogP contribution is -2.47. The van der Waals surface area contributed by atoms with Crippen molar-refractivity contribution in [2.24, 2.45) is 0 Å². The van der Waals surface area contributed by atoms with Gasteiger partial charge in [-0.05, 0) is 50.7 Å². The minimum Gasteiger partial charge on any atom is -0.495 e. The average Bonchev–Trinajstić information content (AvgIpc) is 3.17. The van der Waals surface area contributed by atoms with Gasteiger partial charge < -0.3 is 14.5 Å². The van der Waals surface area contributed by atoms with E-state index < -0.39 is 0 Å². The molecular formula is C15H22N2O2S. The summed E-state index contributed by atoms with van der Waals surface area (Å²) >= 11 is 1.48. The summed E-state index contributed by atoms with van der Waals surface area (Å²) in [7, 11) is 3.81. The van der Waals surface area contributed by atoms with Crippen molar-refractivity contribution >= 4 is 17.2 Å². The lowest BCUT2D eigenvalue weighted by atomic mass is 10.0. The number of ether oxygens (including phenoxy) is 1. The van der Waals surface area contributed by atoms with Crippen LogP contribution in [0, 0.1) is 0 Å². The fraction of sp³-hybridized carbons (Fsp3) is 0.667. The first kappa shape index (κ1) is 13.9. The van der Waals surface area contributed by atoms with Gasteiger partial charge in [-0.15, -0.1) is 11.3 Å². The number of amides is 1. The molecule has 3 heterocycles. The van der Waals surface area contributed by atoms with E-state index in [2.05, 4.69) is 16.8 Å². The predicted octanol–water partition coefficient (Wildman–Crippen LogP) is 2.46. The molecule has 4 nitrogen and oxygen atoms in total. The van der Waals surface area contributed by atoms with Crippen molar-refractivity contribution in [1.82, 2.24) is 9.80 Å². The molecule has 2 aliphatic heterocycles. The third-order valence-electron chi connectivity index (χ3n) is 4.62. The maximum atomic E-state index is 12.8. The summed E-state index contributed by atoms with van der Waals surface area (Å²) in [6.45, 7) is 2.04. The molecule has 1 amide bonds. The molecule has 3 rings (SSSR count). The Morgan fingerprint density at radius 2 is 2.05 bits per heavy atom. The maximum Gasteiger partial charge on any atom is 0.268 e. The molecule has 0 radical (unpaired) electrons. The molecule has 1 aromatic rings. The molecule has 2 aliphatic rings. The molecule has 1 aromatic heterocycles. The SMILES string of the molecule is COc1ccsc1C(=O)N1CCCC1C1CCCN1C. The molecule has 2 fully saturated rings. The van der Waals surface area contributed by atoms with Crippen molar-refractivity contribution in [3.05, 3.63) is 16.3 Å². The number of likely N-dealkylation sites (tertiary alicyclic amines) is 2. The Morgan fingerprint density at radius 1 is 1.30 bits per heavy atom. The van der Waals surface area contributed by atoms with Crippen LogP contribution in [0.25, 0.3) is 0 Å². The van der Waals surface area contributed by atoms with Crippen LogP contribution in [0.5, 0.6) is 5.75 Å². The number of rotatable bonds is 3. The van der Waals surface area contributed by atoms with E-state index in [9.17, 15) is 4.79 Å². The molecule has 20 heavy (non-hydrogen) atoms. The van der Waals surface area contributed by atoms with E-state index in [1.807, 2.05) is 11.4 Å². The largest absolute Gasteiger partial charge is 0.495 e. The summed E-state index contributed by atoms with van der Waals surface area (Å²) in [6, 6.07) is 2.79. The second kappa shape index (κ2) is 5.74. The lowest BCUT2D eigenvalue weighted by molar-refractivity contribution is 0.0666. The quantitative estimate of drug-likeness (QED) is 0.858. The van der Waals surface area contributed by atoms with Gasteiger partial charge in [0.2, 0.25) is 0 Å². The van der Waals surface area contributed by atoms with Gasteiger partial charge in [-0.3, -0.25) is 4.79 Å². The molecule has 0 N–H and O–H groups in total. The van der Waals surface area contributed by atoms with Crippen LogP contribution < -0.4 is 4.74 Å². The molecule has 0 aliphatic carbocycles. The van der Waals surface area contributed by atoms with Gasteiger partial charge in [-0.2, -0.15) is 0 Å². The molecule has 0 aromatic carbocycles. The first-order chi connectivity index (χ1) is 9.72. The van der Waals surface area contributed by atoms with Gasteiger partial charge in [0.25, 0.3) is 5.91 Å². The summed E-state index contributed by atoms with van der Waals surface area (Å²) < 4.78 is 5.30. The second-order valence-corrected chi connectivity index (χ2v) is 6.63. The van der Waals surface area contributed by atoms with Crippen molar-refractivity contribution in [2.75, 3.05) is 27.2 Å². The molecular weight excluding hydrogens is 272 g/mol. The summed E-state index contributed by atoms with van der Waals surface area (Å²) in [5.41, 5.74) is 0. The number of hydrogen-bond donors (Lipinski definition) is 0. The van der Waals surface area contributed by atoms with Crippen LogP contribution in [0.1, 0.15) is 35.4 Å². The van der Waals surface area contributed by atoms with Gasteiger partial charge in [0, 0.05) is 18.6 Å². The Morgan fingerprint density at radius 3 is 2.75 bits per heavy atom. The van der Waals surface area contributed by atoms with Crippen LogP contribution in [0.2, 0.25) is 0 Å². The van der Waals surface area contributed by atoms with Gasteiger partial charge in [-0.1, -0.05) is 0 Å². The van der Waals surface area contributed by atoms with Crippen LogP contribution in [-0.4, -0.2) is 55.0 Å². The first-order valence-electron chi connectivity index (χ1n) is 7.35. The van der Waals surface area contributed by atoms with Gasteiger partial charge >= 0.3 is 0 Å². The number of carbonyl (C=O) groups excluding carboxylic acids is 1. The maximum absolute atomic E-state index is 12.8. The Labute approximate surface area is 124 Å². The smallest absolute Gasteiger partial charge is 0.268 e. The topological polar surface area (TPSA) is 32.8 Å². The minimum absolute atomic E-state index is 0.152. The van der Waals surface area contributed by atoms with E-state index in [0.717, 1.165) is 30.8 Å². The summed E-state index contributed by atoms with van der Waals surface area (Å²) in [5, 5.41) is 1.93. The predicted molar refractivity (Wildman–Crippen MR) is 80.6 cm³/mol.